The van der Waals surface area contributed by atoms with Gasteiger partial charge in [0.25, 0.3) is 0 Å². The number of benzene rings is 1. The van der Waals surface area contributed by atoms with Crippen LogP contribution in [-0.4, -0.2) is 57.6 Å². The number of hydrogen-bond donors (Lipinski definition) is 0. The minimum atomic E-state index is -0.162. The van der Waals surface area contributed by atoms with Crippen LogP contribution in [0.1, 0.15) is 43.5 Å². The van der Waals surface area contributed by atoms with Gasteiger partial charge in [-0.3, -0.25) is 4.79 Å². The van der Waals surface area contributed by atoms with Crippen molar-refractivity contribution >= 4 is 17.7 Å². The largest absolute Gasteiger partial charge is 0.486 e. The second kappa shape index (κ2) is 7.31. The molecule has 0 bridgehead atoms. The van der Waals surface area contributed by atoms with Crippen molar-refractivity contribution in [3.63, 3.8) is 0 Å². The Bertz CT molecular complexity index is 878. The molecule has 2 saturated carbocycles. The van der Waals surface area contributed by atoms with Crippen LogP contribution in [0.5, 0.6) is 11.5 Å². The van der Waals surface area contributed by atoms with E-state index in [1.807, 2.05) is 31.3 Å². The summed E-state index contributed by atoms with van der Waals surface area (Å²) in [5.74, 6) is 3.61. The second-order valence-corrected chi connectivity index (χ2v) is 8.72. The van der Waals surface area contributed by atoms with Crippen LogP contribution < -0.4 is 9.47 Å². The summed E-state index contributed by atoms with van der Waals surface area (Å²) in [6.07, 6.45) is 4.65. The van der Waals surface area contributed by atoms with Gasteiger partial charge in [0.05, 0.1) is 12.3 Å². The van der Waals surface area contributed by atoms with Crippen LogP contribution in [-0.2, 0) is 4.79 Å². The molecule has 1 aromatic heterocycles. The lowest BCUT2D eigenvalue weighted by Crippen LogP contribution is -2.42. The molecule has 1 atom stereocenters. The topological polar surface area (TPSA) is 69.5 Å². The number of hydrogen-bond acceptors (Lipinski definition) is 6. The van der Waals surface area contributed by atoms with Gasteiger partial charge in [-0.15, -0.1) is 10.2 Å². The quantitative estimate of drug-likeness (QED) is 0.666. The number of ether oxygens (including phenoxy) is 2. The first-order valence-electron chi connectivity index (χ1n) is 9.89. The number of para-hydroxylation sites is 2. The third kappa shape index (κ3) is 3.70. The fraction of sp³-hybridized carbons (Fsp3) is 0.550. The summed E-state index contributed by atoms with van der Waals surface area (Å²) in [4.78, 5) is 14.4. The fourth-order valence-electron chi connectivity index (χ4n) is 3.48. The van der Waals surface area contributed by atoms with Gasteiger partial charge in [-0.2, -0.15) is 0 Å². The second-order valence-electron chi connectivity index (χ2n) is 7.78. The van der Waals surface area contributed by atoms with E-state index in [1.165, 1.54) is 37.4 Å². The molecule has 0 radical (unpaired) electrons. The van der Waals surface area contributed by atoms with Gasteiger partial charge in [0.15, 0.2) is 22.8 Å². The Kier molecular flexibility index (Phi) is 4.66. The van der Waals surface area contributed by atoms with Gasteiger partial charge >= 0.3 is 0 Å². The van der Waals surface area contributed by atoms with E-state index in [0.29, 0.717) is 30.9 Å². The molecule has 0 N–H and O–H groups in total. The van der Waals surface area contributed by atoms with E-state index < -0.39 is 0 Å². The highest BCUT2D eigenvalue weighted by Crippen LogP contribution is 2.46. The summed E-state index contributed by atoms with van der Waals surface area (Å²) in [6, 6.07) is 8.16. The molecule has 5 rings (SSSR count). The molecular formula is C20H24N4O3S. The van der Waals surface area contributed by atoms with Crippen LogP contribution in [0.15, 0.2) is 29.4 Å². The zero-order valence-corrected chi connectivity index (χ0v) is 16.7. The molecule has 8 heteroatoms. The SMILES string of the molecule is CN(C[C@H]1COc2ccccc2O1)C(=O)CSc1nnc(C2CC2)n1C1CC1. The molecule has 2 aromatic rings. The van der Waals surface area contributed by atoms with Crippen molar-refractivity contribution in [2.75, 3.05) is 26.0 Å². The molecule has 7 nitrogen and oxygen atoms in total. The molecule has 2 aliphatic carbocycles. The molecule has 148 valence electrons. The van der Waals surface area contributed by atoms with Gasteiger partial charge < -0.3 is 18.9 Å². The summed E-state index contributed by atoms with van der Waals surface area (Å²) < 4.78 is 14.0. The van der Waals surface area contributed by atoms with Crippen molar-refractivity contribution in [1.82, 2.24) is 19.7 Å². The number of carbonyl (C=O) groups is 1. The van der Waals surface area contributed by atoms with E-state index in [2.05, 4.69) is 14.8 Å². The minimum absolute atomic E-state index is 0.0609. The summed E-state index contributed by atoms with van der Waals surface area (Å²) >= 11 is 1.49. The highest BCUT2D eigenvalue weighted by atomic mass is 32.2. The van der Waals surface area contributed by atoms with Crippen molar-refractivity contribution < 1.29 is 14.3 Å². The van der Waals surface area contributed by atoms with Crippen LogP contribution >= 0.6 is 11.8 Å². The molecule has 1 aliphatic heterocycles. The lowest BCUT2D eigenvalue weighted by Gasteiger charge is -2.29. The molecular weight excluding hydrogens is 376 g/mol. The zero-order valence-electron chi connectivity index (χ0n) is 15.9. The van der Waals surface area contributed by atoms with Gasteiger partial charge in [0.1, 0.15) is 12.4 Å². The number of likely N-dealkylation sites (N-methyl/N-ethyl adjacent to an activating group) is 1. The van der Waals surface area contributed by atoms with Crippen LogP contribution in [0.2, 0.25) is 0 Å². The summed E-state index contributed by atoms with van der Waals surface area (Å²) in [7, 11) is 1.81. The predicted molar refractivity (Wildman–Crippen MR) is 105 cm³/mol. The van der Waals surface area contributed by atoms with Gasteiger partial charge in [0, 0.05) is 19.0 Å². The monoisotopic (exact) mass is 400 g/mol. The molecule has 1 aromatic carbocycles. The Morgan fingerprint density at radius 2 is 2.00 bits per heavy atom. The zero-order chi connectivity index (χ0) is 19.1. The van der Waals surface area contributed by atoms with Crippen molar-refractivity contribution in [1.29, 1.82) is 0 Å². The van der Waals surface area contributed by atoms with Crippen molar-refractivity contribution in [3.8, 4) is 11.5 Å². The molecule has 3 aliphatic rings. The number of fused-ring (bicyclic) bond motifs is 1. The number of nitrogens with zero attached hydrogens (tertiary/aromatic N) is 4. The lowest BCUT2D eigenvalue weighted by molar-refractivity contribution is -0.128. The Balaban J connectivity index is 1.16. The van der Waals surface area contributed by atoms with E-state index in [9.17, 15) is 4.79 Å². The van der Waals surface area contributed by atoms with Crippen molar-refractivity contribution in [3.05, 3.63) is 30.1 Å². The predicted octanol–water partition coefficient (Wildman–Crippen LogP) is 2.88. The standard InChI is InChI=1S/C20H24N4O3S/c1-23(10-15-11-26-16-4-2-3-5-17(16)27-15)18(25)12-28-20-22-21-19(13-6-7-13)24(20)14-8-9-14/h2-5,13-15H,6-12H2,1H3/t15-/m0/s1. The molecule has 2 heterocycles. The van der Waals surface area contributed by atoms with Gasteiger partial charge in [-0.1, -0.05) is 23.9 Å². The highest BCUT2D eigenvalue weighted by Gasteiger charge is 2.36. The van der Waals surface area contributed by atoms with Gasteiger partial charge in [0.2, 0.25) is 5.91 Å². The minimum Gasteiger partial charge on any atom is -0.486 e. The highest BCUT2D eigenvalue weighted by molar-refractivity contribution is 7.99. The number of amides is 1. The third-order valence-corrected chi connectivity index (χ3v) is 6.27. The maximum absolute atomic E-state index is 12.6. The first-order valence-corrected chi connectivity index (χ1v) is 10.9. The maximum Gasteiger partial charge on any atom is 0.232 e. The van der Waals surface area contributed by atoms with Gasteiger partial charge in [-0.05, 0) is 37.8 Å². The molecule has 0 spiro atoms. The van der Waals surface area contributed by atoms with Crippen LogP contribution in [0.4, 0.5) is 0 Å². The fourth-order valence-corrected chi connectivity index (χ4v) is 4.43. The normalized spacial score (nSPS) is 20.8. The number of aromatic nitrogens is 3. The summed E-state index contributed by atoms with van der Waals surface area (Å²) in [6.45, 7) is 0.943. The van der Waals surface area contributed by atoms with Crippen molar-refractivity contribution in [2.24, 2.45) is 0 Å². The number of thioether (sulfide) groups is 1. The average Bonchev–Trinajstić information content (AvgIpc) is 3.64. The number of carbonyl (C=O) groups excluding carboxylic acids is 1. The third-order valence-electron chi connectivity index (χ3n) is 5.34. The van der Waals surface area contributed by atoms with E-state index in [0.717, 1.165) is 22.5 Å². The molecule has 2 fully saturated rings. The lowest BCUT2D eigenvalue weighted by atomic mass is 10.2. The van der Waals surface area contributed by atoms with Crippen molar-refractivity contribution in [2.45, 2.75) is 48.9 Å². The maximum atomic E-state index is 12.6. The first kappa shape index (κ1) is 17.8. The van der Waals surface area contributed by atoms with Gasteiger partial charge in [-0.25, -0.2) is 0 Å². The first-order chi connectivity index (χ1) is 13.7. The van der Waals surface area contributed by atoms with Crippen LogP contribution in [0.25, 0.3) is 0 Å². The van der Waals surface area contributed by atoms with E-state index in [-0.39, 0.29) is 12.0 Å². The Morgan fingerprint density at radius 1 is 1.21 bits per heavy atom. The van der Waals surface area contributed by atoms with E-state index >= 15 is 0 Å². The molecule has 0 unspecified atom stereocenters. The molecule has 28 heavy (non-hydrogen) atoms. The molecule has 0 saturated heterocycles. The summed E-state index contributed by atoms with van der Waals surface area (Å²) in [5.41, 5.74) is 0. The average molecular weight is 401 g/mol. The summed E-state index contributed by atoms with van der Waals surface area (Å²) in [5, 5.41) is 9.67. The Hall–Kier alpha value is -2.22. The Morgan fingerprint density at radius 3 is 2.75 bits per heavy atom. The van der Waals surface area contributed by atoms with Crippen LogP contribution in [0.3, 0.4) is 0 Å². The number of rotatable bonds is 7. The van der Waals surface area contributed by atoms with Crippen LogP contribution in [0, 0.1) is 0 Å². The van der Waals surface area contributed by atoms with E-state index in [1.54, 1.807) is 4.90 Å². The smallest absolute Gasteiger partial charge is 0.232 e. The molecule has 1 amide bonds. The van der Waals surface area contributed by atoms with E-state index in [4.69, 9.17) is 9.47 Å². The Labute approximate surface area is 168 Å².